The average molecular weight is 260 g/mol. The van der Waals surface area contributed by atoms with E-state index in [1.165, 1.54) is 7.11 Å². The third-order valence-electron chi connectivity index (χ3n) is 1.93. The molecule has 0 aromatic carbocycles. The van der Waals surface area contributed by atoms with E-state index in [0.717, 1.165) is 11.3 Å². The summed E-state index contributed by atoms with van der Waals surface area (Å²) in [6, 6.07) is 0. The first-order valence-electron chi connectivity index (χ1n) is 4.97. The number of amides is 1. The molecule has 0 radical (unpaired) electrons. The van der Waals surface area contributed by atoms with Crippen molar-refractivity contribution in [3.8, 4) is 0 Å². The van der Waals surface area contributed by atoms with E-state index >= 15 is 0 Å². The summed E-state index contributed by atoms with van der Waals surface area (Å²) >= 11 is 1.16. The number of nitrogens with two attached hydrogens (primary N) is 1. The molecule has 1 heterocycles. The molecule has 0 aliphatic rings. The molecule has 5 N–H and O–H groups in total. The fraction of sp³-hybridized carbons (Fsp3) is 0.556. The summed E-state index contributed by atoms with van der Waals surface area (Å²) < 4.78 is 4.74. The summed E-state index contributed by atoms with van der Waals surface area (Å²) in [7, 11) is 3.17. The Bertz CT molecular complexity index is 382. The molecular weight excluding hydrogens is 244 g/mol. The van der Waals surface area contributed by atoms with Gasteiger partial charge in [-0.1, -0.05) is 11.3 Å². The van der Waals surface area contributed by atoms with Crippen molar-refractivity contribution in [3.05, 3.63) is 4.88 Å². The van der Waals surface area contributed by atoms with E-state index < -0.39 is 6.10 Å². The molecule has 1 unspecified atom stereocenters. The highest BCUT2D eigenvalue weighted by Crippen LogP contribution is 2.23. The van der Waals surface area contributed by atoms with E-state index in [-0.39, 0.29) is 24.9 Å². The zero-order valence-electron chi connectivity index (χ0n) is 9.69. The van der Waals surface area contributed by atoms with E-state index in [2.05, 4.69) is 15.6 Å². The van der Waals surface area contributed by atoms with E-state index in [0.29, 0.717) is 10.0 Å². The van der Waals surface area contributed by atoms with Gasteiger partial charge in [0, 0.05) is 20.7 Å². The number of methoxy groups -OCH3 is 1. The molecule has 7 nitrogen and oxygen atoms in total. The molecule has 0 saturated carbocycles. The second-order valence-corrected chi connectivity index (χ2v) is 4.30. The van der Waals surface area contributed by atoms with Crippen molar-refractivity contribution in [2.45, 2.75) is 6.10 Å². The fourth-order valence-electron chi connectivity index (χ4n) is 1.14. The first-order chi connectivity index (χ1) is 8.08. The van der Waals surface area contributed by atoms with Crippen LogP contribution in [-0.4, -0.2) is 49.4 Å². The van der Waals surface area contributed by atoms with Crippen LogP contribution in [0.3, 0.4) is 0 Å². The number of carbonyl (C=O) groups excluding carboxylic acids is 1. The quantitative estimate of drug-likeness (QED) is 0.549. The van der Waals surface area contributed by atoms with E-state index in [1.807, 2.05) is 0 Å². The fourth-order valence-corrected chi connectivity index (χ4v) is 1.90. The molecule has 1 aromatic rings. The van der Waals surface area contributed by atoms with Crippen LogP contribution >= 0.6 is 11.3 Å². The Morgan fingerprint density at radius 3 is 2.94 bits per heavy atom. The molecule has 96 valence electrons. The maximum Gasteiger partial charge on any atom is 0.265 e. The first-order valence-corrected chi connectivity index (χ1v) is 5.79. The van der Waals surface area contributed by atoms with Crippen LogP contribution in [0.15, 0.2) is 0 Å². The minimum absolute atomic E-state index is 0.110. The number of nitrogens with one attached hydrogen (secondary N) is 2. The molecule has 0 fully saturated rings. The lowest BCUT2D eigenvalue weighted by atomic mass is 10.3. The number of nitrogen functional groups attached to an aromatic ring is 1. The van der Waals surface area contributed by atoms with E-state index in [4.69, 9.17) is 10.5 Å². The lowest BCUT2D eigenvalue weighted by Crippen LogP contribution is -2.34. The van der Waals surface area contributed by atoms with E-state index in [9.17, 15) is 9.90 Å². The predicted molar refractivity (Wildman–Crippen MR) is 66.3 cm³/mol. The number of hydrogen-bond donors (Lipinski definition) is 4. The standard InChI is InChI=1S/C9H16N4O3S/c1-11-9-13-7(10)6(17-9)8(15)12-3-5(14)4-16-2/h5,14H,3-4,10H2,1-2H3,(H,11,13)(H,12,15). The van der Waals surface area contributed by atoms with Gasteiger partial charge < -0.3 is 26.2 Å². The highest BCUT2D eigenvalue weighted by molar-refractivity contribution is 7.18. The number of anilines is 2. The van der Waals surface area contributed by atoms with Gasteiger partial charge in [0.2, 0.25) is 0 Å². The molecule has 1 atom stereocenters. The van der Waals surface area contributed by atoms with Crippen LogP contribution in [0.25, 0.3) is 0 Å². The molecule has 0 aliphatic heterocycles. The zero-order valence-corrected chi connectivity index (χ0v) is 10.5. The molecule has 0 aliphatic carbocycles. The summed E-state index contributed by atoms with van der Waals surface area (Å²) in [5.41, 5.74) is 5.59. The van der Waals surface area contributed by atoms with Crippen molar-refractivity contribution in [3.63, 3.8) is 0 Å². The van der Waals surface area contributed by atoms with Crippen LogP contribution in [0.5, 0.6) is 0 Å². The Kier molecular flexibility index (Phi) is 5.13. The lowest BCUT2D eigenvalue weighted by molar-refractivity contribution is 0.0611. The third-order valence-corrected chi connectivity index (χ3v) is 3.02. The maximum atomic E-state index is 11.7. The number of aliphatic hydroxyl groups excluding tert-OH is 1. The Labute approximate surface area is 103 Å². The number of carbonyl (C=O) groups is 1. The van der Waals surface area contributed by atoms with Gasteiger partial charge in [-0.2, -0.15) is 0 Å². The minimum atomic E-state index is -0.734. The van der Waals surface area contributed by atoms with Crippen molar-refractivity contribution in [1.29, 1.82) is 0 Å². The smallest absolute Gasteiger partial charge is 0.265 e. The Balaban J connectivity index is 2.54. The number of rotatable bonds is 6. The number of thiazole rings is 1. The van der Waals surface area contributed by atoms with Crippen LogP contribution < -0.4 is 16.4 Å². The number of aliphatic hydroxyl groups is 1. The summed E-state index contributed by atoms with van der Waals surface area (Å²) in [5, 5.41) is 15.3. The normalized spacial score (nSPS) is 12.2. The molecule has 1 aromatic heterocycles. The third kappa shape index (κ3) is 3.84. The molecule has 0 saturated heterocycles. The summed E-state index contributed by atoms with van der Waals surface area (Å²) in [4.78, 5) is 16.0. The molecule has 0 bridgehead atoms. The molecular formula is C9H16N4O3S. The average Bonchev–Trinajstić information content (AvgIpc) is 2.68. The molecule has 1 amide bonds. The van der Waals surface area contributed by atoms with Gasteiger partial charge in [0.25, 0.3) is 5.91 Å². The SMILES string of the molecule is CNc1nc(N)c(C(=O)NCC(O)COC)s1. The van der Waals surface area contributed by atoms with Crippen molar-refractivity contribution >= 4 is 28.2 Å². The van der Waals surface area contributed by atoms with Gasteiger partial charge in [0.15, 0.2) is 5.13 Å². The van der Waals surface area contributed by atoms with Gasteiger partial charge in [-0.3, -0.25) is 4.79 Å². The minimum Gasteiger partial charge on any atom is -0.389 e. The Morgan fingerprint density at radius 1 is 1.71 bits per heavy atom. The van der Waals surface area contributed by atoms with Gasteiger partial charge in [-0.15, -0.1) is 0 Å². The van der Waals surface area contributed by atoms with Crippen molar-refractivity contribution in [2.75, 3.05) is 38.4 Å². The lowest BCUT2D eigenvalue weighted by Gasteiger charge is -2.09. The number of aromatic nitrogens is 1. The summed E-state index contributed by atoms with van der Waals surface area (Å²) in [6.07, 6.45) is -0.734. The van der Waals surface area contributed by atoms with Gasteiger partial charge >= 0.3 is 0 Å². The van der Waals surface area contributed by atoms with Crippen LogP contribution in [0.1, 0.15) is 9.67 Å². The number of hydrogen-bond acceptors (Lipinski definition) is 7. The van der Waals surface area contributed by atoms with Gasteiger partial charge in [0.05, 0.1) is 12.7 Å². The second kappa shape index (κ2) is 6.38. The highest BCUT2D eigenvalue weighted by atomic mass is 32.1. The van der Waals surface area contributed by atoms with Crippen LogP contribution in [0, 0.1) is 0 Å². The molecule has 8 heteroatoms. The van der Waals surface area contributed by atoms with E-state index in [1.54, 1.807) is 7.05 Å². The van der Waals surface area contributed by atoms with Crippen molar-refractivity contribution < 1.29 is 14.6 Å². The Hall–Kier alpha value is -1.38. The molecule has 0 spiro atoms. The summed E-state index contributed by atoms with van der Waals surface area (Å²) in [5.74, 6) is -0.172. The predicted octanol–water partition coefficient (Wildman–Crippen LogP) is -0.496. The highest BCUT2D eigenvalue weighted by Gasteiger charge is 2.16. The molecule has 1 rings (SSSR count). The second-order valence-electron chi connectivity index (χ2n) is 3.30. The summed E-state index contributed by atoms with van der Waals surface area (Å²) in [6.45, 7) is 0.277. The maximum absolute atomic E-state index is 11.7. The topological polar surface area (TPSA) is 110 Å². The number of nitrogens with zero attached hydrogens (tertiary/aromatic N) is 1. The van der Waals surface area contributed by atoms with Crippen LogP contribution in [0.4, 0.5) is 10.9 Å². The van der Waals surface area contributed by atoms with Crippen LogP contribution in [-0.2, 0) is 4.74 Å². The largest absolute Gasteiger partial charge is 0.389 e. The van der Waals surface area contributed by atoms with Crippen LogP contribution in [0.2, 0.25) is 0 Å². The van der Waals surface area contributed by atoms with Crippen molar-refractivity contribution in [1.82, 2.24) is 10.3 Å². The van der Waals surface area contributed by atoms with Gasteiger partial charge in [0.1, 0.15) is 10.7 Å². The zero-order chi connectivity index (χ0) is 12.8. The van der Waals surface area contributed by atoms with Gasteiger partial charge in [-0.05, 0) is 0 Å². The van der Waals surface area contributed by atoms with Gasteiger partial charge in [-0.25, -0.2) is 4.98 Å². The molecule has 17 heavy (non-hydrogen) atoms. The first kappa shape index (κ1) is 13.7. The van der Waals surface area contributed by atoms with Crippen molar-refractivity contribution in [2.24, 2.45) is 0 Å². The Morgan fingerprint density at radius 2 is 2.41 bits per heavy atom. The number of ether oxygens (including phenoxy) is 1. The monoisotopic (exact) mass is 260 g/mol.